The number of hydrogen-bond donors (Lipinski definition) is 1. The van der Waals surface area contributed by atoms with Gasteiger partial charge in [-0.05, 0) is 41.3 Å². The van der Waals surface area contributed by atoms with E-state index < -0.39 is 0 Å². The van der Waals surface area contributed by atoms with Crippen LogP contribution in [0.5, 0.6) is 0 Å². The van der Waals surface area contributed by atoms with Gasteiger partial charge in [0.2, 0.25) is 0 Å². The molecule has 2 heteroatoms. The van der Waals surface area contributed by atoms with Crippen molar-refractivity contribution in [1.82, 2.24) is 4.98 Å². The highest BCUT2D eigenvalue weighted by Gasteiger charge is 2.00. The third-order valence-electron chi connectivity index (χ3n) is 2.31. The summed E-state index contributed by atoms with van der Waals surface area (Å²) >= 11 is 1.65. The van der Waals surface area contributed by atoms with Crippen LogP contribution in [0.1, 0.15) is 0 Å². The van der Waals surface area contributed by atoms with Crippen molar-refractivity contribution in [3.8, 4) is 10.4 Å². The fraction of sp³-hybridized carbons (Fsp3) is 0. The lowest BCUT2D eigenvalue weighted by Crippen LogP contribution is -1.72. The maximum Gasteiger partial charge on any atom is 0.0454 e. The van der Waals surface area contributed by atoms with Crippen molar-refractivity contribution in [1.29, 1.82) is 0 Å². The van der Waals surface area contributed by atoms with Crippen molar-refractivity contribution < 1.29 is 0 Å². The van der Waals surface area contributed by atoms with Crippen LogP contribution in [0.2, 0.25) is 0 Å². The van der Waals surface area contributed by atoms with Crippen molar-refractivity contribution >= 4 is 22.2 Å². The number of fused-ring (bicyclic) bond motifs is 1. The molecule has 0 spiro atoms. The summed E-state index contributed by atoms with van der Waals surface area (Å²) in [5.41, 5.74) is 2.46. The molecule has 1 radical (unpaired) electrons. The number of rotatable bonds is 1. The summed E-state index contributed by atoms with van der Waals surface area (Å²) in [6, 6.07) is 12.6. The lowest BCUT2D eigenvalue weighted by atomic mass is 10.1. The molecule has 3 rings (SSSR count). The van der Waals surface area contributed by atoms with Gasteiger partial charge in [0.25, 0.3) is 0 Å². The second-order valence-electron chi connectivity index (χ2n) is 3.20. The number of aromatic amines is 1. The SMILES string of the molecule is [c]1ccc(-c2ccc3[nH]ccc3c2)s1. The molecule has 1 N–H and O–H groups in total. The summed E-state index contributed by atoms with van der Waals surface area (Å²) in [5.74, 6) is 0. The van der Waals surface area contributed by atoms with Gasteiger partial charge in [0.05, 0.1) is 0 Å². The number of aromatic nitrogens is 1. The minimum atomic E-state index is 1.19. The zero-order chi connectivity index (χ0) is 9.38. The Balaban J connectivity index is 2.23. The molecule has 0 aliphatic rings. The van der Waals surface area contributed by atoms with Crippen molar-refractivity contribution in [2.45, 2.75) is 0 Å². The van der Waals surface area contributed by atoms with E-state index >= 15 is 0 Å². The highest BCUT2D eigenvalue weighted by molar-refractivity contribution is 7.13. The summed E-state index contributed by atoms with van der Waals surface area (Å²) in [6.07, 6.45) is 1.97. The maximum atomic E-state index is 3.19. The first-order chi connectivity index (χ1) is 6.93. The molecule has 1 nitrogen and oxygen atoms in total. The molecule has 2 aromatic heterocycles. The minimum absolute atomic E-state index is 1.19. The van der Waals surface area contributed by atoms with Gasteiger partial charge in [-0.1, -0.05) is 6.07 Å². The number of thiophene rings is 1. The van der Waals surface area contributed by atoms with Crippen molar-refractivity contribution in [2.24, 2.45) is 0 Å². The predicted molar refractivity (Wildman–Crippen MR) is 60.4 cm³/mol. The van der Waals surface area contributed by atoms with E-state index in [9.17, 15) is 0 Å². The van der Waals surface area contributed by atoms with Gasteiger partial charge in [-0.25, -0.2) is 0 Å². The van der Waals surface area contributed by atoms with E-state index in [1.54, 1.807) is 11.3 Å². The largest absolute Gasteiger partial charge is 0.361 e. The lowest BCUT2D eigenvalue weighted by molar-refractivity contribution is 1.48. The molecule has 0 unspecified atom stereocenters. The van der Waals surface area contributed by atoms with E-state index in [0.717, 1.165) is 0 Å². The number of nitrogens with one attached hydrogen (secondary N) is 1. The topological polar surface area (TPSA) is 15.8 Å². The van der Waals surface area contributed by atoms with Crippen LogP contribution in [0.4, 0.5) is 0 Å². The summed E-state index contributed by atoms with van der Waals surface area (Å²) in [5, 5.41) is 4.36. The highest BCUT2D eigenvalue weighted by atomic mass is 32.1. The van der Waals surface area contributed by atoms with Gasteiger partial charge in [-0.3, -0.25) is 0 Å². The van der Waals surface area contributed by atoms with Crippen LogP contribution < -0.4 is 0 Å². The molecular formula is C12H8NS. The molecule has 0 atom stereocenters. The second-order valence-corrected chi connectivity index (χ2v) is 4.08. The fourth-order valence-electron chi connectivity index (χ4n) is 1.60. The molecule has 0 amide bonds. The summed E-state index contributed by atoms with van der Waals surface area (Å²) in [6.45, 7) is 0. The van der Waals surface area contributed by atoms with Crippen LogP contribution in [0.15, 0.2) is 42.6 Å². The molecule has 2 heterocycles. The number of benzene rings is 1. The van der Waals surface area contributed by atoms with E-state index in [2.05, 4.69) is 40.7 Å². The Hall–Kier alpha value is -1.54. The van der Waals surface area contributed by atoms with Crippen molar-refractivity contribution in [2.75, 3.05) is 0 Å². The van der Waals surface area contributed by atoms with Crippen LogP contribution in [0, 0.1) is 5.38 Å². The molecule has 1 aromatic carbocycles. The molecule has 0 bridgehead atoms. The van der Waals surface area contributed by atoms with Crippen LogP contribution in [0.25, 0.3) is 21.3 Å². The van der Waals surface area contributed by atoms with Gasteiger partial charge in [0.15, 0.2) is 0 Å². The zero-order valence-corrected chi connectivity index (χ0v) is 8.27. The summed E-state index contributed by atoms with van der Waals surface area (Å²) < 4.78 is 0. The van der Waals surface area contributed by atoms with Gasteiger partial charge >= 0.3 is 0 Å². The molecule has 0 saturated carbocycles. The molecular weight excluding hydrogens is 190 g/mol. The summed E-state index contributed by atoms with van der Waals surface area (Å²) in [7, 11) is 0. The van der Waals surface area contributed by atoms with Gasteiger partial charge in [-0.15, -0.1) is 11.3 Å². The first-order valence-electron chi connectivity index (χ1n) is 4.47. The van der Waals surface area contributed by atoms with E-state index in [-0.39, 0.29) is 0 Å². The molecule has 0 fully saturated rings. The first kappa shape index (κ1) is 7.83. The van der Waals surface area contributed by atoms with Crippen LogP contribution in [-0.4, -0.2) is 4.98 Å². The minimum Gasteiger partial charge on any atom is -0.361 e. The zero-order valence-electron chi connectivity index (χ0n) is 7.45. The van der Waals surface area contributed by atoms with Gasteiger partial charge in [-0.2, -0.15) is 0 Å². The van der Waals surface area contributed by atoms with Crippen LogP contribution in [-0.2, 0) is 0 Å². The third-order valence-corrected chi connectivity index (χ3v) is 3.16. The van der Waals surface area contributed by atoms with Crippen molar-refractivity contribution in [3.63, 3.8) is 0 Å². The van der Waals surface area contributed by atoms with Crippen LogP contribution in [0.3, 0.4) is 0 Å². The first-order valence-corrected chi connectivity index (χ1v) is 5.28. The normalized spacial score (nSPS) is 10.9. The van der Waals surface area contributed by atoms with Gasteiger partial charge in [0, 0.05) is 22.0 Å². The predicted octanol–water partition coefficient (Wildman–Crippen LogP) is 3.70. The Morgan fingerprint density at radius 3 is 3.00 bits per heavy atom. The summed E-state index contributed by atoms with van der Waals surface area (Å²) in [4.78, 5) is 4.46. The molecule has 14 heavy (non-hydrogen) atoms. The average Bonchev–Trinajstić information content (AvgIpc) is 2.88. The third kappa shape index (κ3) is 1.16. The van der Waals surface area contributed by atoms with Gasteiger partial charge in [0.1, 0.15) is 0 Å². The Morgan fingerprint density at radius 1 is 1.14 bits per heavy atom. The molecule has 0 aliphatic carbocycles. The lowest BCUT2D eigenvalue weighted by Gasteiger charge is -1.96. The Morgan fingerprint density at radius 2 is 2.14 bits per heavy atom. The Labute approximate surface area is 86.0 Å². The molecule has 0 saturated heterocycles. The monoisotopic (exact) mass is 198 g/mol. The smallest absolute Gasteiger partial charge is 0.0454 e. The quantitative estimate of drug-likeness (QED) is 0.613. The Bertz CT molecular complexity index is 548. The van der Waals surface area contributed by atoms with E-state index in [4.69, 9.17) is 0 Å². The van der Waals surface area contributed by atoms with Crippen LogP contribution >= 0.6 is 11.3 Å². The molecule has 67 valence electrons. The fourth-order valence-corrected chi connectivity index (χ4v) is 2.25. The van der Waals surface area contributed by atoms with Gasteiger partial charge < -0.3 is 4.98 Å². The Kier molecular flexibility index (Phi) is 1.67. The molecule has 3 aromatic rings. The second kappa shape index (κ2) is 3.00. The number of hydrogen-bond acceptors (Lipinski definition) is 1. The van der Waals surface area contributed by atoms with E-state index in [0.29, 0.717) is 0 Å². The maximum absolute atomic E-state index is 3.19. The number of H-pyrrole nitrogens is 1. The highest BCUT2D eigenvalue weighted by Crippen LogP contribution is 2.27. The average molecular weight is 198 g/mol. The van der Waals surface area contributed by atoms with E-state index in [1.165, 1.54) is 21.3 Å². The molecule has 0 aliphatic heterocycles. The van der Waals surface area contributed by atoms with E-state index in [1.807, 2.05) is 12.3 Å². The standard InChI is InChI=1S/C12H8NS/c1-2-12(14-7-1)10-3-4-11-9(8-10)5-6-13-11/h1-6,8,13H. The van der Waals surface area contributed by atoms with Crippen molar-refractivity contribution in [3.05, 3.63) is 48.0 Å².